The van der Waals surface area contributed by atoms with Crippen LogP contribution >= 0.6 is 0 Å². The van der Waals surface area contributed by atoms with Crippen LogP contribution in [0.2, 0.25) is 0 Å². The highest BCUT2D eigenvalue weighted by Crippen LogP contribution is 2.24. The summed E-state index contributed by atoms with van der Waals surface area (Å²) in [5, 5.41) is 20.0. The minimum absolute atomic E-state index is 0.0166. The minimum atomic E-state index is -1.00. The summed E-state index contributed by atoms with van der Waals surface area (Å²) in [6, 6.07) is 3.80. The number of carbonyl (C=O) groups is 2. The Balaban J connectivity index is 2.18. The Morgan fingerprint density at radius 3 is 2.81 bits per heavy atom. The average Bonchev–Trinajstić information content (AvgIpc) is 2.90. The van der Waals surface area contributed by atoms with E-state index in [1.165, 1.54) is 17.0 Å². The normalized spacial score (nSPS) is 17.8. The van der Waals surface area contributed by atoms with Crippen LogP contribution in [0.25, 0.3) is 0 Å². The summed E-state index contributed by atoms with van der Waals surface area (Å²) in [6.45, 7) is 2.02. The Morgan fingerprint density at radius 2 is 2.19 bits per heavy atom. The molecule has 1 aliphatic rings. The number of hydrogen-bond acceptors (Lipinski definition) is 4. The summed E-state index contributed by atoms with van der Waals surface area (Å²) in [7, 11) is 0. The number of carbonyl (C=O) groups excluding carboxylic acids is 1. The SMILES string of the molecule is Cc1c(CC(=O)N2CCCC2C(=O)O)cccc1[N+](=O)[O-]. The van der Waals surface area contributed by atoms with Crippen molar-refractivity contribution in [3.63, 3.8) is 0 Å². The number of amides is 1. The second kappa shape index (κ2) is 5.90. The van der Waals surface area contributed by atoms with Crippen molar-refractivity contribution in [3.05, 3.63) is 39.4 Å². The van der Waals surface area contributed by atoms with E-state index in [0.717, 1.165) is 0 Å². The van der Waals surface area contributed by atoms with E-state index < -0.39 is 16.9 Å². The molecule has 1 N–H and O–H groups in total. The van der Waals surface area contributed by atoms with Gasteiger partial charge in [0, 0.05) is 18.2 Å². The second-order valence-corrected chi connectivity index (χ2v) is 5.08. The molecular formula is C14H16N2O5. The van der Waals surface area contributed by atoms with Gasteiger partial charge in [-0.15, -0.1) is 0 Å². The van der Waals surface area contributed by atoms with Gasteiger partial charge in [0.25, 0.3) is 5.69 Å². The van der Waals surface area contributed by atoms with E-state index in [1.54, 1.807) is 13.0 Å². The van der Waals surface area contributed by atoms with Crippen LogP contribution in [0.3, 0.4) is 0 Å². The number of aliphatic carboxylic acids is 1. The van der Waals surface area contributed by atoms with Crippen LogP contribution in [0.5, 0.6) is 0 Å². The molecule has 2 rings (SSSR count). The Morgan fingerprint density at radius 1 is 1.48 bits per heavy atom. The molecular weight excluding hydrogens is 276 g/mol. The number of benzene rings is 1. The molecule has 0 saturated carbocycles. The van der Waals surface area contributed by atoms with Gasteiger partial charge in [0.1, 0.15) is 6.04 Å². The van der Waals surface area contributed by atoms with E-state index in [9.17, 15) is 19.7 Å². The van der Waals surface area contributed by atoms with E-state index >= 15 is 0 Å². The molecule has 112 valence electrons. The van der Waals surface area contributed by atoms with Crippen LogP contribution < -0.4 is 0 Å². The summed E-state index contributed by atoms with van der Waals surface area (Å²) in [6.07, 6.45) is 1.10. The Kier molecular flexibility index (Phi) is 4.21. The van der Waals surface area contributed by atoms with Crippen molar-refractivity contribution in [3.8, 4) is 0 Å². The predicted octanol–water partition coefficient (Wildman–Crippen LogP) is 1.52. The maximum Gasteiger partial charge on any atom is 0.326 e. The lowest BCUT2D eigenvalue weighted by Crippen LogP contribution is -2.41. The number of carboxylic acid groups (broad SMARTS) is 1. The van der Waals surface area contributed by atoms with Crippen LogP contribution in [0.15, 0.2) is 18.2 Å². The lowest BCUT2D eigenvalue weighted by atomic mass is 10.0. The van der Waals surface area contributed by atoms with E-state index in [4.69, 9.17) is 5.11 Å². The number of nitrogens with zero attached hydrogens (tertiary/aromatic N) is 2. The Hall–Kier alpha value is -2.44. The first-order valence-electron chi connectivity index (χ1n) is 6.67. The zero-order valence-corrected chi connectivity index (χ0v) is 11.6. The lowest BCUT2D eigenvalue weighted by molar-refractivity contribution is -0.385. The van der Waals surface area contributed by atoms with Crippen molar-refractivity contribution in [2.75, 3.05) is 6.54 Å². The van der Waals surface area contributed by atoms with Gasteiger partial charge in [0.15, 0.2) is 0 Å². The molecule has 1 atom stereocenters. The molecule has 7 heteroatoms. The first-order chi connectivity index (χ1) is 9.91. The van der Waals surface area contributed by atoms with Crippen molar-refractivity contribution in [2.24, 2.45) is 0 Å². The minimum Gasteiger partial charge on any atom is -0.480 e. The van der Waals surface area contributed by atoms with Crippen LogP contribution in [0.4, 0.5) is 5.69 Å². The molecule has 7 nitrogen and oxygen atoms in total. The molecule has 1 fully saturated rings. The van der Waals surface area contributed by atoms with Crippen molar-refractivity contribution in [1.82, 2.24) is 4.90 Å². The van der Waals surface area contributed by atoms with Crippen LogP contribution in [0, 0.1) is 17.0 Å². The molecule has 21 heavy (non-hydrogen) atoms. The molecule has 1 amide bonds. The Bertz CT molecular complexity index is 599. The molecule has 0 radical (unpaired) electrons. The summed E-state index contributed by atoms with van der Waals surface area (Å²) < 4.78 is 0. The summed E-state index contributed by atoms with van der Waals surface area (Å²) >= 11 is 0. The maximum absolute atomic E-state index is 12.3. The van der Waals surface area contributed by atoms with E-state index in [-0.39, 0.29) is 18.0 Å². The average molecular weight is 292 g/mol. The van der Waals surface area contributed by atoms with Gasteiger partial charge in [0.05, 0.1) is 11.3 Å². The maximum atomic E-state index is 12.3. The fourth-order valence-electron chi connectivity index (χ4n) is 2.65. The fraction of sp³-hybridized carbons (Fsp3) is 0.429. The first kappa shape index (κ1) is 15.0. The fourth-order valence-corrected chi connectivity index (χ4v) is 2.65. The lowest BCUT2D eigenvalue weighted by Gasteiger charge is -2.21. The van der Waals surface area contributed by atoms with Gasteiger partial charge in [-0.2, -0.15) is 0 Å². The van der Waals surface area contributed by atoms with Gasteiger partial charge in [-0.3, -0.25) is 14.9 Å². The highest BCUT2D eigenvalue weighted by atomic mass is 16.6. The molecule has 1 saturated heterocycles. The number of nitro groups is 1. The summed E-state index contributed by atoms with van der Waals surface area (Å²) in [5.41, 5.74) is 0.976. The van der Waals surface area contributed by atoms with Crippen LogP contribution in [-0.4, -0.2) is 39.4 Å². The smallest absolute Gasteiger partial charge is 0.326 e. The number of hydrogen-bond donors (Lipinski definition) is 1. The molecule has 0 aliphatic carbocycles. The van der Waals surface area contributed by atoms with E-state index in [0.29, 0.717) is 30.5 Å². The van der Waals surface area contributed by atoms with Gasteiger partial charge in [0.2, 0.25) is 5.91 Å². The third kappa shape index (κ3) is 3.01. The quantitative estimate of drug-likeness (QED) is 0.669. The topological polar surface area (TPSA) is 101 Å². The second-order valence-electron chi connectivity index (χ2n) is 5.08. The van der Waals surface area contributed by atoms with Crippen molar-refractivity contribution >= 4 is 17.6 Å². The molecule has 1 aromatic carbocycles. The third-order valence-electron chi connectivity index (χ3n) is 3.81. The molecule has 1 unspecified atom stereocenters. The molecule has 1 aromatic rings. The zero-order valence-electron chi connectivity index (χ0n) is 11.6. The molecule has 0 spiro atoms. The van der Waals surface area contributed by atoms with Gasteiger partial charge in [-0.1, -0.05) is 12.1 Å². The van der Waals surface area contributed by atoms with E-state index in [2.05, 4.69) is 0 Å². The van der Waals surface area contributed by atoms with Gasteiger partial charge in [-0.05, 0) is 25.3 Å². The molecule has 1 aliphatic heterocycles. The van der Waals surface area contributed by atoms with Crippen molar-refractivity contribution in [2.45, 2.75) is 32.2 Å². The van der Waals surface area contributed by atoms with Crippen LogP contribution in [-0.2, 0) is 16.0 Å². The molecule has 0 aromatic heterocycles. The number of nitro benzene ring substituents is 1. The Labute approximate surface area is 121 Å². The van der Waals surface area contributed by atoms with Crippen molar-refractivity contribution < 1.29 is 19.6 Å². The molecule has 1 heterocycles. The largest absolute Gasteiger partial charge is 0.480 e. The van der Waals surface area contributed by atoms with Crippen molar-refractivity contribution in [1.29, 1.82) is 0 Å². The highest BCUT2D eigenvalue weighted by Gasteiger charge is 2.34. The van der Waals surface area contributed by atoms with Gasteiger partial charge < -0.3 is 10.0 Å². The number of rotatable bonds is 4. The van der Waals surface area contributed by atoms with Crippen LogP contribution in [0.1, 0.15) is 24.0 Å². The van der Waals surface area contributed by atoms with E-state index in [1.807, 2.05) is 0 Å². The highest BCUT2D eigenvalue weighted by molar-refractivity contribution is 5.85. The molecule has 0 bridgehead atoms. The zero-order chi connectivity index (χ0) is 15.6. The first-order valence-corrected chi connectivity index (χ1v) is 6.67. The summed E-state index contributed by atoms with van der Waals surface area (Å²) in [5.74, 6) is -1.31. The van der Waals surface area contributed by atoms with Gasteiger partial charge >= 0.3 is 5.97 Å². The monoisotopic (exact) mass is 292 g/mol. The number of carboxylic acids is 1. The summed E-state index contributed by atoms with van der Waals surface area (Å²) in [4.78, 5) is 35.1. The number of likely N-dealkylation sites (tertiary alicyclic amines) is 1. The third-order valence-corrected chi connectivity index (χ3v) is 3.81. The van der Waals surface area contributed by atoms with Gasteiger partial charge in [-0.25, -0.2) is 4.79 Å². The standard InChI is InChI=1S/C14H16N2O5/c1-9-10(4-2-5-11(9)16(20)21)8-13(17)15-7-3-6-12(15)14(18)19/h2,4-5,12H,3,6-8H2,1H3,(H,18,19). The predicted molar refractivity (Wildman–Crippen MR) is 73.9 cm³/mol.